The quantitative estimate of drug-likeness (QED) is 0.725. The van der Waals surface area contributed by atoms with Crippen LogP contribution in [-0.2, 0) is 21.4 Å². The van der Waals surface area contributed by atoms with Gasteiger partial charge >= 0.3 is 0 Å². The summed E-state index contributed by atoms with van der Waals surface area (Å²) in [5, 5.41) is 4.26. The van der Waals surface area contributed by atoms with Crippen molar-refractivity contribution in [2.45, 2.75) is 64.5 Å². The van der Waals surface area contributed by atoms with E-state index in [2.05, 4.69) is 5.32 Å². The molecular formula is C23H34N4O3S. The molecule has 0 atom stereocenters. The standard InChI is InChI=1S/C22H30N4O3S.CH4/c23-16-18-8-6-17(7-9-18)10-15-30(28,29)26-13-11-22(12-14-26)21(27)24-20(25-22)19-4-2-1-3-5-19;/h6-10,15,19H,1-5,11-14,16,23H2,(H,24,25,27);1H4/b15-10+;. The minimum atomic E-state index is -3.55. The molecule has 170 valence electrons. The summed E-state index contributed by atoms with van der Waals surface area (Å²) in [6.45, 7) is 1.05. The molecule has 1 spiro atoms. The Morgan fingerprint density at radius 1 is 1.13 bits per heavy atom. The summed E-state index contributed by atoms with van der Waals surface area (Å²) >= 11 is 0. The van der Waals surface area contributed by atoms with Gasteiger partial charge in [0.2, 0.25) is 10.0 Å². The van der Waals surface area contributed by atoms with Gasteiger partial charge in [0.15, 0.2) is 0 Å². The van der Waals surface area contributed by atoms with Crippen LogP contribution in [0.15, 0.2) is 34.7 Å². The minimum Gasteiger partial charge on any atom is -0.326 e. The number of piperidine rings is 1. The van der Waals surface area contributed by atoms with E-state index in [0.717, 1.165) is 29.8 Å². The van der Waals surface area contributed by atoms with E-state index < -0.39 is 15.6 Å². The van der Waals surface area contributed by atoms with Crippen molar-refractivity contribution in [3.63, 3.8) is 0 Å². The summed E-state index contributed by atoms with van der Waals surface area (Å²) in [7, 11) is -3.55. The third-order valence-corrected chi connectivity index (χ3v) is 8.11. The zero-order chi connectivity index (χ0) is 21.2. The number of nitrogens with two attached hydrogens (primary N) is 1. The summed E-state index contributed by atoms with van der Waals surface area (Å²) in [4.78, 5) is 17.5. The number of hydrogen-bond donors (Lipinski definition) is 2. The van der Waals surface area contributed by atoms with Gasteiger partial charge in [-0.15, -0.1) is 0 Å². The van der Waals surface area contributed by atoms with E-state index in [1.807, 2.05) is 24.3 Å². The summed E-state index contributed by atoms with van der Waals surface area (Å²) in [5.41, 5.74) is 6.61. The number of rotatable bonds is 5. The second-order valence-corrected chi connectivity index (χ2v) is 10.3. The van der Waals surface area contributed by atoms with Crippen molar-refractivity contribution in [2.24, 2.45) is 16.6 Å². The smallest absolute Gasteiger partial charge is 0.253 e. The maximum absolute atomic E-state index is 12.8. The van der Waals surface area contributed by atoms with Gasteiger partial charge in [0, 0.05) is 31.0 Å². The lowest BCUT2D eigenvalue weighted by Gasteiger charge is -2.34. The van der Waals surface area contributed by atoms with E-state index in [9.17, 15) is 13.2 Å². The highest BCUT2D eigenvalue weighted by Crippen LogP contribution is 2.34. The molecule has 2 fully saturated rings. The third kappa shape index (κ3) is 5.07. The van der Waals surface area contributed by atoms with Crippen molar-refractivity contribution in [2.75, 3.05) is 13.1 Å². The molecule has 7 nitrogen and oxygen atoms in total. The van der Waals surface area contributed by atoms with Gasteiger partial charge in [-0.3, -0.25) is 9.79 Å². The van der Waals surface area contributed by atoms with Gasteiger partial charge < -0.3 is 11.1 Å². The lowest BCUT2D eigenvalue weighted by Crippen LogP contribution is -2.50. The molecule has 3 N–H and O–H groups in total. The number of carbonyl (C=O) groups excluding carboxylic acids is 1. The van der Waals surface area contributed by atoms with Gasteiger partial charge in [-0.1, -0.05) is 51.0 Å². The first-order valence-electron chi connectivity index (χ1n) is 10.8. The van der Waals surface area contributed by atoms with Crippen LogP contribution in [-0.4, -0.2) is 43.1 Å². The lowest BCUT2D eigenvalue weighted by atomic mass is 9.88. The van der Waals surface area contributed by atoms with Gasteiger partial charge in [-0.2, -0.15) is 4.31 Å². The minimum absolute atomic E-state index is 0. The van der Waals surface area contributed by atoms with Crippen LogP contribution in [0.3, 0.4) is 0 Å². The van der Waals surface area contributed by atoms with Crippen LogP contribution in [0.25, 0.3) is 6.08 Å². The molecule has 1 saturated carbocycles. The molecule has 2 aliphatic heterocycles. The van der Waals surface area contributed by atoms with Gasteiger partial charge in [0.25, 0.3) is 5.91 Å². The summed E-state index contributed by atoms with van der Waals surface area (Å²) in [6.07, 6.45) is 8.21. The van der Waals surface area contributed by atoms with Gasteiger partial charge in [-0.25, -0.2) is 8.42 Å². The zero-order valence-electron chi connectivity index (χ0n) is 17.2. The highest BCUT2D eigenvalue weighted by molar-refractivity contribution is 7.92. The first-order chi connectivity index (χ1) is 14.4. The van der Waals surface area contributed by atoms with Gasteiger partial charge in [0.1, 0.15) is 11.4 Å². The van der Waals surface area contributed by atoms with Gasteiger partial charge in [-0.05, 0) is 42.9 Å². The Labute approximate surface area is 185 Å². The van der Waals surface area contributed by atoms with Crippen LogP contribution in [0.1, 0.15) is 63.5 Å². The van der Waals surface area contributed by atoms with Crippen molar-refractivity contribution in [1.29, 1.82) is 0 Å². The number of carbonyl (C=O) groups is 1. The van der Waals surface area contributed by atoms with Crippen LogP contribution in [0, 0.1) is 5.92 Å². The Balaban J connectivity index is 0.00000272. The average molecular weight is 447 g/mol. The van der Waals surface area contributed by atoms with Crippen molar-refractivity contribution in [3.05, 3.63) is 40.8 Å². The topological polar surface area (TPSA) is 105 Å². The maximum Gasteiger partial charge on any atom is 0.253 e. The van der Waals surface area contributed by atoms with E-state index >= 15 is 0 Å². The van der Waals surface area contributed by atoms with Crippen LogP contribution in [0.5, 0.6) is 0 Å². The van der Waals surface area contributed by atoms with Crippen LogP contribution < -0.4 is 11.1 Å². The van der Waals surface area contributed by atoms with Crippen LogP contribution in [0.4, 0.5) is 0 Å². The molecule has 8 heteroatoms. The lowest BCUT2D eigenvalue weighted by molar-refractivity contribution is -0.124. The normalized spacial score (nSPS) is 22.4. The molecule has 31 heavy (non-hydrogen) atoms. The number of hydrogen-bond acceptors (Lipinski definition) is 5. The van der Waals surface area contributed by atoms with E-state index in [4.69, 9.17) is 10.7 Å². The SMILES string of the molecule is C.NCc1ccc(/C=C/S(=O)(=O)N2CCC3(CC2)N=C(C2CCCCC2)NC3=O)cc1. The molecule has 1 aliphatic carbocycles. The molecule has 1 aromatic carbocycles. The Morgan fingerprint density at radius 2 is 1.77 bits per heavy atom. The van der Waals surface area contributed by atoms with Crippen molar-refractivity contribution in [1.82, 2.24) is 9.62 Å². The molecule has 4 rings (SSSR count). The molecule has 1 aromatic rings. The predicted octanol–water partition coefficient (Wildman–Crippen LogP) is 3.03. The molecule has 0 unspecified atom stereocenters. The molecule has 2 heterocycles. The molecule has 3 aliphatic rings. The zero-order valence-corrected chi connectivity index (χ0v) is 18.0. The molecular weight excluding hydrogens is 412 g/mol. The number of amides is 1. The van der Waals surface area contributed by atoms with E-state index in [1.54, 1.807) is 6.08 Å². The Morgan fingerprint density at radius 3 is 2.39 bits per heavy atom. The number of nitrogens with one attached hydrogen (secondary N) is 1. The number of amidine groups is 1. The molecule has 0 radical (unpaired) electrons. The van der Waals surface area contributed by atoms with Crippen molar-refractivity contribution < 1.29 is 13.2 Å². The van der Waals surface area contributed by atoms with E-state index in [1.165, 1.54) is 29.0 Å². The molecule has 1 saturated heterocycles. The fourth-order valence-corrected chi connectivity index (χ4v) is 5.77. The van der Waals surface area contributed by atoms with Crippen molar-refractivity contribution in [3.8, 4) is 0 Å². The second-order valence-electron chi connectivity index (χ2n) is 8.51. The number of sulfonamides is 1. The average Bonchev–Trinajstić information content (AvgIpc) is 3.09. The number of nitrogens with zero attached hydrogens (tertiary/aromatic N) is 2. The van der Waals surface area contributed by atoms with Gasteiger partial charge in [0.05, 0.1) is 0 Å². The number of benzene rings is 1. The Hall–Kier alpha value is -2.03. The fourth-order valence-electron chi connectivity index (χ4n) is 4.58. The highest BCUT2D eigenvalue weighted by atomic mass is 32.2. The monoisotopic (exact) mass is 446 g/mol. The third-order valence-electron chi connectivity index (χ3n) is 6.55. The Bertz CT molecular complexity index is 940. The fraction of sp³-hybridized carbons (Fsp3) is 0.565. The second kappa shape index (κ2) is 9.63. The highest BCUT2D eigenvalue weighted by Gasteiger charge is 2.48. The van der Waals surface area contributed by atoms with Crippen molar-refractivity contribution >= 4 is 27.8 Å². The van der Waals surface area contributed by atoms with E-state index in [0.29, 0.717) is 38.4 Å². The van der Waals surface area contributed by atoms with E-state index in [-0.39, 0.29) is 13.3 Å². The molecule has 1 amide bonds. The van der Waals surface area contributed by atoms with Crippen LogP contribution in [0.2, 0.25) is 0 Å². The molecule has 0 bridgehead atoms. The largest absolute Gasteiger partial charge is 0.326 e. The number of aliphatic imine (C=N–C) groups is 1. The summed E-state index contributed by atoms with van der Waals surface area (Å²) in [6, 6.07) is 7.47. The first kappa shape index (κ1) is 23.6. The first-order valence-corrected chi connectivity index (χ1v) is 12.3. The summed E-state index contributed by atoms with van der Waals surface area (Å²) < 4.78 is 27.0. The van der Waals surface area contributed by atoms with Crippen LogP contribution >= 0.6 is 0 Å². The predicted molar refractivity (Wildman–Crippen MR) is 125 cm³/mol. The summed E-state index contributed by atoms with van der Waals surface area (Å²) in [5.74, 6) is 1.12. The maximum atomic E-state index is 12.8. The molecule has 0 aromatic heterocycles. The Kier molecular flexibility index (Phi) is 7.34.